The molecule has 1 saturated carbocycles. The van der Waals surface area contributed by atoms with Crippen molar-refractivity contribution in [3.63, 3.8) is 0 Å². The largest absolute Gasteiger partial charge is 0.314 e. The molecule has 0 spiro atoms. The van der Waals surface area contributed by atoms with Crippen LogP contribution in [0.25, 0.3) is 0 Å². The van der Waals surface area contributed by atoms with Crippen LogP contribution in [-0.2, 0) is 0 Å². The zero-order valence-corrected chi connectivity index (χ0v) is 15.5. The molecule has 0 saturated heterocycles. The van der Waals surface area contributed by atoms with Gasteiger partial charge in [0, 0.05) is 19.1 Å². The lowest BCUT2D eigenvalue weighted by molar-refractivity contribution is 0.126. The van der Waals surface area contributed by atoms with Gasteiger partial charge in [-0.15, -0.1) is 0 Å². The van der Waals surface area contributed by atoms with Crippen molar-refractivity contribution in [2.24, 2.45) is 23.7 Å². The van der Waals surface area contributed by atoms with E-state index >= 15 is 0 Å². The summed E-state index contributed by atoms with van der Waals surface area (Å²) >= 11 is 0. The van der Waals surface area contributed by atoms with Gasteiger partial charge in [0.15, 0.2) is 0 Å². The van der Waals surface area contributed by atoms with Crippen LogP contribution in [0.4, 0.5) is 0 Å². The van der Waals surface area contributed by atoms with Gasteiger partial charge in [-0.25, -0.2) is 0 Å². The molecule has 0 aromatic rings. The third-order valence-corrected chi connectivity index (χ3v) is 5.49. The van der Waals surface area contributed by atoms with Gasteiger partial charge in [-0.3, -0.25) is 0 Å². The molecule has 0 bridgehead atoms. The van der Waals surface area contributed by atoms with E-state index < -0.39 is 0 Å². The smallest absolute Gasteiger partial charge is 0.0108 e. The van der Waals surface area contributed by atoms with E-state index in [1.807, 2.05) is 0 Å². The van der Waals surface area contributed by atoms with Crippen molar-refractivity contribution in [2.45, 2.75) is 72.8 Å². The fourth-order valence-corrected chi connectivity index (χ4v) is 3.84. The number of nitrogens with one attached hydrogen (secondary N) is 1. The fourth-order valence-electron chi connectivity index (χ4n) is 3.84. The van der Waals surface area contributed by atoms with Gasteiger partial charge >= 0.3 is 0 Å². The van der Waals surface area contributed by atoms with Gasteiger partial charge in [-0.1, -0.05) is 41.0 Å². The second-order valence-corrected chi connectivity index (χ2v) is 7.87. The van der Waals surface area contributed by atoms with Gasteiger partial charge in [-0.2, -0.15) is 0 Å². The molecule has 21 heavy (non-hydrogen) atoms. The first-order chi connectivity index (χ1) is 9.97. The predicted molar refractivity (Wildman–Crippen MR) is 94.7 cm³/mol. The van der Waals surface area contributed by atoms with E-state index in [0.29, 0.717) is 0 Å². The van der Waals surface area contributed by atoms with Crippen LogP contribution in [0.1, 0.15) is 66.7 Å². The standard InChI is InChI=1S/C19H40N2/c1-7-11-20-19-10-9-17(15(3)4)12-18(19)14-21(6)13-16(5)8-2/h15-20H,7-14H2,1-6H3. The Morgan fingerprint density at radius 2 is 1.86 bits per heavy atom. The van der Waals surface area contributed by atoms with Crippen molar-refractivity contribution in [3.8, 4) is 0 Å². The molecule has 4 unspecified atom stereocenters. The van der Waals surface area contributed by atoms with Gasteiger partial charge in [0.25, 0.3) is 0 Å². The summed E-state index contributed by atoms with van der Waals surface area (Å²) in [5.74, 6) is 3.44. The summed E-state index contributed by atoms with van der Waals surface area (Å²) < 4.78 is 0. The van der Waals surface area contributed by atoms with Crippen LogP contribution in [-0.4, -0.2) is 37.6 Å². The predicted octanol–water partition coefficient (Wildman–Crippen LogP) is 4.40. The minimum Gasteiger partial charge on any atom is -0.314 e. The Morgan fingerprint density at radius 3 is 2.43 bits per heavy atom. The summed E-state index contributed by atoms with van der Waals surface area (Å²) in [6.45, 7) is 15.5. The van der Waals surface area contributed by atoms with Gasteiger partial charge < -0.3 is 10.2 Å². The van der Waals surface area contributed by atoms with E-state index in [-0.39, 0.29) is 0 Å². The molecule has 1 N–H and O–H groups in total. The van der Waals surface area contributed by atoms with Gasteiger partial charge in [-0.05, 0) is 62.9 Å². The van der Waals surface area contributed by atoms with Crippen molar-refractivity contribution in [3.05, 3.63) is 0 Å². The molecule has 2 heteroatoms. The molecular formula is C19H40N2. The monoisotopic (exact) mass is 296 g/mol. The average Bonchev–Trinajstić information content (AvgIpc) is 2.45. The topological polar surface area (TPSA) is 15.3 Å². The van der Waals surface area contributed by atoms with Gasteiger partial charge in [0.1, 0.15) is 0 Å². The van der Waals surface area contributed by atoms with E-state index in [1.54, 1.807) is 0 Å². The Labute approximate surface area is 134 Å². The maximum Gasteiger partial charge on any atom is 0.0108 e. The van der Waals surface area contributed by atoms with Crippen molar-refractivity contribution >= 4 is 0 Å². The molecule has 1 aliphatic rings. The summed E-state index contributed by atoms with van der Waals surface area (Å²) in [6.07, 6.45) is 6.76. The number of hydrogen-bond acceptors (Lipinski definition) is 2. The molecule has 1 fully saturated rings. The third-order valence-electron chi connectivity index (χ3n) is 5.49. The van der Waals surface area contributed by atoms with E-state index in [2.05, 4.69) is 51.9 Å². The molecule has 0 heterocycles. The lowest BCUT2D eigenvalue weighted by atomic mass is 9.73. The van der Waals surface area contributed by atoms with Gasteiger partial charge in [0.05, 0.1) is 0 Å². The number of nitrogens with zero attached hydrogens (tertiary/aromatic N) is 1. The maximum absolute atomic E-state index is 3.83. The van der Waals surface area contributed by atoms with Crippen LogP contribution >= 0.6 is 0 Å². The van der Waals surface area contributed by atoms with Crippen LogP contribution in [0.15, 0.2) is 0 Å². The van der Waals surface area contributed by atoms with Crippen LogP contribution in [0, 0.1) is 23.7 Å². The van der Waals surface area contributed by atoms with Crippen molar-refractivity contribution in [1.29, 1.82) is 0 Å². The first kappa shape index (κ1) is 19.0. The van der Waals surface area contributed by atoms with Crippen molar-refractivity contribution < 1.29 is 0 Å². The van der Waals surface area contributed by atoms with E-state index in [1.165, 1.54) is 51.7 Å². The second-order valence-electron chi connectivity index (χ2n) is 7.87. The lowest BCUT2D eigenvalue weighted by Gasteiger charge is -2.40. The highest BCUT2D eigenvalue weighted by atomic mass is 15.1. The summed E-state index contributed by atoms with van der Waals surface area (Å²) in [5.41, 5.74) is 0. The minimum absolute atomic E-state index is 0.749. The quantitative estimate of drug-likeness (QED) is 0.678. The van der Waals surface area contributed by atoms with Crippen LogP contribution < -0.4 is 5.32 Å². The molecule has 0 aromatic heterocycles. The van der Waals surface area contributed by atoms with Crippen molar-refractivity contribution in [1.82, 2.24) is 10.2 Å². The molecule has 0 radical (unpaired) electrons. The SMILES string of the molecule is CCCNC1CCC(C(C)C)CC1CN(C)CC(C)CC. The van der Waals surface area contributed by atoms with E-state index in [4.69, 9.17) is 0 Å². The molecular weight excluding hydrogens is 256 g/mol. The fraction of sp³-hybridized carbons (Fsp3) is 1.00. The molecule has 4 atom stereocenters. The summed E-state index contributed by atoms with van der Waals surface area (Å²) in [7, 11) is 2.32. The Kier molecular flexibility index (Phi) is 8.89. The van der Waals surface area contributed by atoms with E-state index in [0.717, 1.165) is 29.7 Å². The summed E-state index contributed by atoms with van der Waals surface area (Å²) in [4.78, 5) is 2.59. The highest BCUT2D eigenvalue weighted by molar-refractivity contribution is 4.87. The van der Waals surface area contributed by atoms with Crippen LogP contribution in [0.5, 0.6) is 0 Å². The molecule has 0 amide bonds. The van der Waals surface area contributed by atoms with Gasteiger partial charge in [0.2, 0.25) is 0 Å². The molecule has 1 aliphatic carbocycles. The molecule has 126 valence electrons. The minimum atomic E-state index is 0.749. The summed E-state index contributed by atoms with van der Waals surface area (Å²) in [5, 5.41) is 3.83. The zero-order valence-electron chi connectivity index (χ0n) is 15.5. The molecule has 1 rings (SSSR count). The number of rotatable bonds is 9. The highest BCUT2D eigenvalue weighted by Crippen LogP contribution is 2.34. The zero-order chi connectivity index (χ0) is 15.8. The lowest BCUT2D eigenvalue weighted by Crippen LogP contribution is -2.46. The Bertz CT molecular complexity index is 264. The molecule has 0 aliphatic heterocycles. The maximum atomic E-state index is 3.83. The first-order valence-electron chi connectivity index (χ1n) is 9.39. The summed E-state index contributed by atoms with van der Waals surface area (Å²) in [6, 6.07) is 0.749. The molecule has 0 aromatic carbocycles. The highest BCUT2D eigenvalue weighted by Gasteiger charge is 2.32. The Hall–Kier alpha value is -0.0800. The third kappa shape index (κ3) is 6.69. The number of hydrogen-bond donors (Lipinski definition) is 1. The second kappa shape index (κ2) is 9.84. The Morgan fingerprint density at radius 1 is 1.14 bits per heavy atom. The first-order valence-corrected chi connectivity index (χ1v) is 9.39. The van der Waals surface area contributed by atoms with Crippen LogP contribution in [0.3, 0.4) is 0 Å². The Balaban J connectivity index is 2.56. The molecule has 2 nitrogen and oxygen atoms in total. The van der Waals surface area contributed by atoms with Crippen LogP contribution in [0.2, 0.25) is 0 Å². The van der Waals surface area contributed by atoms with Crippen molar-refractivity contribution in [2.75, 3.05) is 26.7 Å². The average molecular weight is 297 g/mol. The normalized spacial score (nSPS) is 28.3. The van der Waals surface area contributed by atoms with E-state index in [9.17, 15) is 0 Å².